The van der Waals surface area contributed by atoms with Gasteiger partial charge in [-0.2, -0.15) is 0 Å². The minimum Gasteiger partial charge on any atom is -0.450 e. The minimum atomic E-state index is -0.337. The normalized spacial score (nSPS) is 34.2. The maximum absolute atomic E-state index is 12.5. The van der Waals surface area contributed by atoms with Crippen LogP contribution in [-0.4, -0.2) is 67.8 Å². The molecule has 156 valence electrons. The highest BCUT2D eigenvalue weighted by Crippen LogP contribution is 2.55. The van der Waals surface area contributed by atoms with Crippen LogP contribution in [0.3, 0.4) is 0 Å². The van der Waals surface area contributed by atoms with Gasteiger partial charge in [0.1, 0.15) is 0 Å². The van der Waals surface area contributed by atoms with Crippen molar-refractivity contribution in [3.8, 4) is 0 Å². The summed E-state index contributed by atoms with van der Waals surface area (Å²) in [4.78, 5) is 39.3. The molecule has 28 heavy (non-hydrogen) atoms. The zero-order valence-electron chi connectivity index (χ0n) is 16.8. The Kier molecular flexibility index (Phi) is 5.49. The first kappa shape index (κ1) is 19.5. The van der Waals surface area contributed by atoms with Crippen molar-refractivity contribution in [3.05, 3.63) is 0 Å². The van der Waals surface area contributed by atoms with Crippen molar-refractivity contribution in [1.29, 1.82) is 0 Å². The number of carbonyl (C=O) groups is 3. The Bertz CT molecular complexity index is 594. The minimum absolute atomic E-state index is 0.0861. The fraction of sp³-hybridized carbons (Fsp3) is 0.850. The van der Waals surface area contributed by atoms with Gasteiger partial charge in [-0.05, 0) is 63.2 Å². The largest absolute Gasteiger partial charge is 0.450 e. The molecule has 0 radical (unpaired) electrons. The molecule has 0 aromatic carbocycles. The molecule has 8 heteroatoms. The van der Waals surface area contributed by atoms with Gasteiger partial charge in [-0.25, -0.2) is 9.59 Å². The zero-order chi connectivity index (χ0) is 19.7. The molecule has 1 saturated heterocycles. The van der Waals surface area contributed by atoms with Crippen LogP contribution in [0, 0.1) is 17.8 Å². The Morgan fingerprint density at radius 3 is 2.14 bits per heavy atom. The van der Waals surface area contributed by atoms with Crippen molar-refractivity contribution in [3.63, 3.8) is 0 Å². The van der Waals surface area contributed by atoms with Gasteiger partial charge in [0.15, 0.2) is 6.54 Å². The van der Waals surface area contributed by atoms with Crippen molar-refractivity contribution in [1.82, 2.24) is 15.5 Å². The molecule has 1 heterocycles. The molecular formula is C20H33N4O4+. The molecule has 0 atom stereocenters. The third-order valence-corrected chi connectivity index (χ3v) is 7.08. The topological polar surface area (TPSA) is 92.2 Å². The molecule has 4 aliphatic carbocycles. The Morgan fingerprint density at radius 1 is 1.04 bits per heavy atom. The van der Waals surface area contributed by atoms with Gasteiger partial charge >= 0.3 is 12.1 Å². The molecule has 5 rings (SSSR count). The third-order valence-electron chi connectivity index (χ3n) is 7.08. The molecule has 5 fully saturated rings. The van der Waals surface area contributed by atoms with Crippen molar-refractivity contribution < 1.29 is 24.0 Å². The molecule has 8 nitrogen and oxygen atoms in total. The van der Waals surface area contributed by atoms with E-state index in [-0.39, 0.29) is 30.1 Å². The SMILES string of the molecule is CCOC(=O)N1CC[NH+](CC(=O)NC(=O)NC23CC4CC(CC(C4)C2)C3)CC1. The molecule has 5 aliphatic rings. The first-order valence-corrected chi connectivity index (χ1v) is 10.8. The number of carbonyl (C=O) groups excluding carboxylic acids is 3. The number of ether oxygens (including phenoxy) is 1. The van der Waals surface area contributed by atoms with Crippen LogP contribution in [0.2, 0.25) is 0 Å². The van der Waals surface area contributed by atoms with Crippen LogP contribution >= 0.6 is 0 Å². The molecule has 3 N–H and O–H groups in total. The van der Waals surface area contributed by atoms with Crippen LogP contribution in [-0.2, 0) is 9.53 Å². The van der Waals surface area contributed by atoms with E-state index >= 15 is 0 Å². The maximum atomic E-state index is 12.5. The smallest absolute Gasteiger partial charge is 0.410 e. The molecular weight excluding hydrogens is 360 g/mol. The molecule has 0 aromatic heterocycles. The fourth-order valence-corrected chi connectivity index (χ4v) is 6.33. The highest BCUT2D eigenvalue weighted by Gasteiger charge is 2.51. The Labute approximate surface area is 166 Å². The number of hydrogen-bond acceptors (Lipinski definition) is 4. The highest BCUT2D eigenvalue weighted by atomic mass is 16.6. The summed E-state index contributed by atoms with van der Waals surface area (Å²) in [5, 5.41) is 5.72. The number of hydrogen-bond donors (Lipinski definition) is 3. The predicted octanol–water partition coefficient (Wildman–Crippen LogP) is 0.138. The Morgan fingerprint density at radius 2 is 1.61 bits per heavy atom. The van der Waals surface area contributed by atoms with Gasteiger partial charge in [0.25, 0.3) is 5.91 Å². The monoisotopic (exact) mass is 393 g/mol. The summed E-state index contributed by atoms with van der Waals surface area (Å²) in [5.41, 5.74) is -0.0861. The number of nitrogens with one attached hydrogen (secondary N) is 3. The van der Waals surface area contributed by atoms with E-state index < -0.39 is 0 Å². The third kappa shape index (κ3) is 4.26. The number of imide groups is 1. The highest BCUT2D eigenvalue weighted by molar-refractivity contribution is 5.95. The van der Waals surface area contributed by atoms with Crippen LogP contribution in [0.1, 0.15) is 45.4 Å². The van der Waals surface area contributed by atoms with E-state index in [1.807, 2.05) is 0 Å². The average Bonchev–Trinajstić information content (AvgIpc) is 2.60. The maximum Gasteiger partial charge on any atom is 0.410 e. The molecule has 4 amide bonds. The second-order valence-electron chi connectivity index (χ2n) is 9.31. The second kappa shape index (κ2) is 7.89. The van der Waals surface area contributed by atoms with Crippen molar-refractivity contribution in [2.24, 2.45) is 17.8 Å². The van der Waals surface area contributed by atoms with Crippen molar-refractivity contribution in [2.75, 3.05) is 39.3 Å². The van der Waals surface area contributed by atoms with E-state index in [1.165, 1.54) is 19.3 Å². The Balaban J connectivity index is 1.20. The van der Waals surface area contributed by atoms with Gasteiger partial charge in [-0.3, -0.25) is 15.0 Å². The van der Waals surface area contributed by atoms with Gasteiger partial charge in [0, 0.05) is 5.54 Å². The number of quaternary nitrogens is 1. The quantitative estimate of drug-likeness (QED) is 0.634. The number of urea groups is 1. The van der Waals surface area contributed by atoms with Gasteiger partial charge in [-0.15, -0.1) is 0 Å². The van der Waals surface area contributed by atoms with E-state index in [2.05, 4.69) is 10.6 Å². The number of rotatable bonds is 4. The molecule has 0 unspecified atom stereocenters. The first-order chi connectivity index (χ1) is 13.4. The van der Waals surface area contributed by atoms with E-state index in [1.54, 1.807) is 11.8 Å². The average molecular weight is 394 g/mol. The lowest BCUT2D eigenvalue weighted by molar-refractivity contribution is -0.896. The number of piperazine rings is 1. The summed E-state index contributed by atoms with van der Waals surface area (Å²) in [7, 11) is 0. The van der Waals surface area contributed by atoms with Crippen LogP contribution in [0.5, 0.6) is 0 Å². The molecule has 1 aliphatic heterocycles. The number of amides is 4. The molecule has 4 saturated carbocycles. The van der Waals surface area contributed by atoms with Crippen LogP contribution in [0.15, 0.2) is 0 Å². The lowest BCUT2D eigenvalue weighted by Gasteiger charge is -2.56. The van der Waals surface area contributed by atoms with Crippen LogP contribution in [0.4, 0.5) is 9.59 Å². The van der Waals surface area contributed by atoms with Crippen LogP contribution in [0.25, 0.3) is 0 Å². The van der Waals surface area contributed by atoms with Crippen molar-refractivity contribution >= 4 is 18.0 Å². The summed E-state index contributed by atoms with van der Waals surface area (Å²) in [6.07, 6.45) is 6.89. The van der Waals surface area contributed by atoms with Gasteiger partial charge in [0.05, 0.1) is 32.8 Å². The summed E-state index contributed by atoms with van der Waals surface area (Å²) < 4.78 is 5.01. The van der Waals surface area contributed by atoms with Gasteiger partial charge in [-0.1, -0.05) is 0 Å². The second-order valence-corrected chi connectivity index (χ2v) is 9.31. The number of nitrogens with zero attached hydrogens (tertiary/aromatic N) is 1. The summed E-state index contributed by atoms with van der Waals surface area (Å²) >= 11 is 0. The Hall–Kier alpha value is -1.83. The van der Waals surface area contributed by atoms with Crippen LogP contribution < -0.4 is 15.5 Å². The van der Waals surface area contributed by atoms with Crippen molar-refractivity contribution in [2.45, 2.75) is 51.0 Å². The fourth-order valence-electron chi connectivity index (χ4n) is 6.33. The summed E-state index contributed by atoms with van der Waals surface area (Å²) in [5.74, 6) is 2.01. The van der Waals surface area contributed by atoms with Gasteiger partial charge < -0.3 is 15.0 Å². The molecule has 0 aromatic rings. The lowest BCUT2D eigenvalue weighted by atomic mass is 9.53. The lowest BCUT2D eigenvalue weighted by Crippen LogP contribution is -3.16. The van der Waals surface area contributed by atoms with Gasteiger partial charge in [0.2, 0.25) is 0 Å². The summed E-state index contributed by atoms with van der Waals surface area (Å²) in [6, 6.07) is -0.337. The predicted molar refractivity (Wildman–Crippen MR) is 102 cm³/mol. The molecule has 4 bridgehead atoms. The molecule has 0 spiro atoms. The summed E-state index contributed by atoms with van der Waals surface area (Å²) in [6.45, 7) is 4.92. The zero-order valence-corrected chi connectivity index (χ0v) is 16.8. The first-order valence-electron chi connectivity index (χ1n) is 10.8. The van der Waals surface area contributed by atoms with E-state index in [4.69, 9.17) is 4.74 Å². The van der Waals surface area contributed by atoms with E-state index in [0.717, 1.165) is 41.9 Å². The van der Waals surface area contributed by atoms with E-state index in [9.17, 15) is 14.4 Å². The van der Waals surface area contributed by atoms with E-state index in [0.29, 0.717) is 32.8 Å². The standard InChI is InChI=1S/C20H32N4O4/c1-2-28-19(27)24-5-3-23(4-6-24)13-17(25)21-18(26)22-20-10-14-7-15(11-20)9-16(8-14)12-20/h14-16H,2-13H2,1H3,(H2,21,22,25,26)/p+1.